The van der Waals surface area contributed by atoms with Crippen molar-refractivity contribution in [3.8, 4) is 0 Å². The first-order chi connectivity index (χ1) is 7.10. The molecule has 0 aromatic carbocycles. The zero-order chi connectivity index (χ0) is 13.4. The molecule has 0 aliphatic heterocycles. The Balaban J connectivity index is 0. The molecule has 0 heterocycles. The Kier molecular flexibility index (Phi) is 8.39. The van der Waals surface area contributed by atoms with Gasteiger partial charge in [-0.2, -0.15) is 0 Å². The van der Waals surface area contributed by atoms with Gasteiger partial charge in [0.15, 0.2) is 6.54 Å². The molecule has 0 aromatic rings. The van der Waals surface area contributed by atoms with Crippen LogP contribution in [0.3, 0.4) is 0 Å². The van der Waals surface area contributed by atoms with E-state index in [1.165, 1.54) is 6.92 Å². The van der Waals surface area contributed by atoms with E-state index < -0.39 is 11.9 Å². The Morgan fingerprint density at radius 3 is 1.81 bits per heavy atom. The highest BCUT2D eigenvalue weighted by Crippen LogP contribution is 1.90. The van der Waals surface area contributed by atoms with Gasteiger partial charge in [-0.05, 0) is 18.9 Å². The van der Waals surface area contributed by atoms with Gasteiger partial charge in [0.1, 0.15) is 0 Å². The van der Waals surface area contributed by atoms with Crippen LogP contribution < -0.4 is 5.11 Å². The second-order valence-electron chi connectivity index (χ2n) is 4.43. The molecule has 16 heavy (non-hydrogen) atoms. The first kappa shape index (κ1) is 17.0. The summed E-state index contributed by atoms with van der Waals surface area (Å²) in [6, 6.07) is 0. The normalized spacial score (nSPS) is 11.4. The third-order valence-corrected chi connectivity index (χ3v) is 1.44. The van der Waals surface area contributed by atoms with E-state index in [2.05, 4.69) is 0 Å². The maximum atomic E-state index is 10.00. The molecule has 0 fully saturated rings. The number of hydrogen-bond donors (Lipinski definition) is 1. The zero-order valence-electron chi connectivity index (χ0n) is 10.6. The SMILES string of the molecule is CCC=C(C)C(=O)[O-].C[N+](C)(C)CC(=O)O. The number of carboxylic acids is 2. The number of carbonyl (C=O) groups is 2. The number of hydrogen-bond acceptors (Lipinski definition) is 3. The van der Waals surface area contributed by atoms with E-state index >= 15 is 0 Å². The summed E-state index contributed by atoms with van der Waals surface area (Å²) in [5.41, 5.74) is 0.313. The van der Waals surface area contributed by atoms with Crippen LogP contribution in [0.2, 0.25) is 0 Å². The van der Waals surface area contributed by atoms with Gasteiger partial charge in [0.2, 0.25) is 0 Å². The average molecular weight is 231 g/mol. The van der Waals surface area contributed by atoms with Gasteiger partial charge in [-0.15, -0.1) is 0 Å². The van der Waals surface area contributed by atoms with Crippen molar-refractivity contribution in [2.24, 2.45) is 0 Å². The van der Waals surface area contributed by atoms with Crippen LogP contribution in [0, 0.1) is 0 Å². The molecule has 0 rings (SSSR count). The molecule has 0 saturated heterocycles. The van der Waals surface area contributed by atoms with E-state index in [0.29, 0.717) is 10.1 Å². The quantitative estimate of drug-likeness (QED) is 0.540. The molecule has 94 valence electrons. The molecule has 5 nitrogen and oxygen atoms in total. The summed E-state index contributed by atoms with van der Waals surface area (Å²) in [5.74, 6) is -1.83. The van der Waals surface area contributed by atoms with Crippen molar-refractivity contribution in [2.45, 2.75) is 20.3 Å². The highest BCUT2D eigenvalue weighted by atomic mass is 16.4. The van der Waals surface area contributed by atoms with Crippen LogP contribution >= 0.6 is 0 Å². The van der Waals surface area contributed by atoms with Crippen LogP contribution in [0.25, 0.3) is 0 Å². The fourth-order valence-electron chi connectivity index (χ4n) is 0.795. The van der Waals surface area contributed by atoms with Gasteiger partial charge in [-0.1, -0.05) is 13.0 Å². The lowest BCUT2D eigenvalue weighted by Gasteiger charge is -2.20. The van der Waals surface area contributed by atoms with E-state index in [4.69, 9.17) is 5.11 Å². The molecule has 0 saturated carbocycles. The minimum atomic E-state index is -1.08. The lowest BCUT2D eigenvalue weighted by molar-refractivity contribution is -0.862. The Bertz CT molecular complexity index is 264. The highest BCUT2D eigenvalue weighted by molar-refractivity contribution is 5.83. The molecule has 0 unspecified atom stereocenters. The van der Waals surface area contributed by atoms with Crippen molar-refractivity contribution in [3.63, 3.8) is 0 Å². The van der Waals surface area contributed by atoms with Crippen LogP contribution in [0.4, 0.5) is 0 Å². The van der Waals surface area contributed by atoms with E-state index in [1.54, 1.807) is 6.08 Å². The Labute approximate surface area is 96.6 Å². The maximum absolute atomic E-state index is 10.00. The number of carboxylic acid groups (broad SMARTS) is 2. The standard InChI is InChI=1S/C6H10O2.C5H11NO2/c1-3-4-5(2)6(7)8;1-6(2,3)4-5(7)8/h4H,3H2,1-2H3,(H,7,8);4H2,1-3H3. The van der Waals surface area contributed by atoms with Crippen molar-refractivity contribution in [3.05, 3.63) is 11.6 Å². The maximum Gasteiger partial charge on any atom is 0.359 e. The van der Waals surface area contributed by atoms with Crippen LogP contribution in [0.15, 0.2) is 11.6 Å². The molecule has 0 bridgehead atoms. The third kappa shape index (κ3) is 15.1. The van der Waals surface area contributed by atoms with Gasteiger partial charge >= 0.3 is 5.97 Å². The lowest BCUT2D eigenvalue weighted by atomic mass is 10.2. The van der Waals surface area contributed by atoms with Gasteiger partial charge in [0, 0.05) is 0 Å². The first-order valence-electron chi connectivity index (χ1n) is 5.00. The summed E-state index contributed by atoms with van der Waals surface area (Å²) in [6.45, 7) is 3.59. The number of rotatable bonds is 4. The molecule has 1 N–H and O–H groups in total. The topological polar surface area (TPSA) is 77.4 Å². The summed E-state index contributed by atoms with van der Waals surface area (Å²) < 4.78 is 0.481. The van der Waals surface area contributed by atoms with Gasteiger partial charge in [0.25, 0.3) is 0 Å². The number of nitrogens with zero attached hydrogens (tertiary/aromatic N) is 1. The fraction of sp³-hybridized carbons (Fsp3) is 0.636. The minimum absolute atomic E-state index is 0.181. The smallest absolute Gasteiger partial charge is 0.359 e. The Hall–Kier alpha value is -1.36. The van der Waals surface area contributed by atoms with Crippen molar-refractivity contribution >= 4 is 11.9 Å². The number of aliphatic carboxylic acids is 2. The van der Waals surface area contributed by atoms with Crippen LogP contribution in [0.1, 0.15) is 20.3 Å². The van der Waals surface area contributed by atoms with Gasteiger partial charge in [0.05, 0.1) is 27.1 Å². The summed E-state index contributed by atoms with van der Waals surface area (Å²) in [4.78, 5) is 19.9. The number of carbonyl (C=O) groups excluding carboxylic acids is 1. The Morgan fingerprint density at radius 1 is 1.31 bits per heavy atom. The van der Waals surface area contributed by atoms with Crippen molar-refractivity contribution < 1.29 is 24.3 Å². The van der Waals surface area contributed by atoms with Gasteiger partial charge in [-0.3, -0.25) is 0 Å². The monoisotopic (exact) mass is 231 g/mol. The van der Waals surface area contributed by atoms with Crippen LogP contribution in [-0.4, -0.2) is 49.2 Å². The molecule has 0 aliphatic carbocycles. The van der Waals surface area contributed by atoms with Crippen LogP contribution in [-0.2, 0) is 9.59 Å². The predicted molar refractivity (Wildman–Crippen MR) is 59.6 cm³/mol. The zero-order valence-corrected chi connectivity index (χ0v) is 10.6. The fourth-order valence-corrected chi connectivity index (χ4v) is 0.795. The molecule has 0 radical (unpaired) electrons. The summed E-state index contributed by atoms with van der Waals surface area (Å²) in [7, 11) is 5.52. The van der Waals surface area contributed by atoms with E-state index in [0.717, 1.165) is 6.42 Å². The van der Waals surface area contributed by atoms with E-state index in [9.17, 15) is 14.7 Å². The van der Waals surface area contributed by atoms with Gasteiger partial charge < -0.3 is 19.5 Å². The number of likely N-dealkylation sites (N-methyl/N-ethyl adjacent to an activating group) is 1. The van der Waals surface area contributed by atoms with Gasteiger partial charge in [-0.25, -0.2) is 4.79 Å². The van der Waals surface area contributed by atoms with E-state index in [-0.39, 0.29) is 6.54 Å². The molecule has 0 spiro atoms. The molecule has 5 heteroatoms. The molecule has 0 aliphatic rings. The minimum Gasteiger partial charge on any atom is -0.545 e. The largest absolute Gasteiger partial charge is 0.545 e. The lowest BCUT2D eigenvalue weighted by Crippen LogP contribution is -2.39. The number of quaternary nitrogens is 1. The van der Waals surface area contributed by atoms with Crippen molar-refractivity contribution in [1.82, 2.24) is 0 Å². The molecule has 0 aromatic heterocycles. The molecule has 0 amide bonds. The number of allylic oxidation sites excluding steroid dienone is 1. The Morgan fingerprint density at radius 2 is 1.75 bits per heavy atom. The summed E-state index contributed by atoms with van der Waals surface area (Å²) in [6.07, 6.45) is 2.37. The second-order valence-corrected chi connectivity index (χ2v) is 4.43. The third-order valence-electron chi connectivity index (χ3n) is 1.44. The van der Waals surface area contributed by atoms with Crippen molar-refractivity contribution in [2.75, 3.05) is 27.7 Å². The summed E-state index contributed by atoms with van der Waals surface area (Å²) >= 11 is 0. The predicted octanol–water partition coefficient (Wildman–Crippen LogP) is -0.130. The average Bonchev–Trinajstić information content (AvgIpc) is 2.00. The molecular weight excluding hydrogens is 210 g/mol. The summed E-state index contributed by atoms with van der Waals surface area (Å²) in [5, 5.41) is 18.1. The highest BCUT2D eigenvalue weighted by Gasteiger charge is 2.11. The molecule has 0 atom stereocenters. The first-order valence-corrected chi connectivity index (χ1v) is 5.00. The molecular formula is C11H21NO4. The second kappa shape index (κ2) is 7.87. The van der Waals surface area contributed by atoms with Crippen LogP contribution in [0.5, 0.6) is 0 Å². The van der Waals surface area contributed by atoms with E-state index in [1.807, 2.05) is 28.1 Å². The van der Waals surface area contributed by atoms with Crippen molar-refractivity contribution in [1.29, 1.82) is 0 Å².